The summed E-state index contributed by atoms with van der Waals surface area (Å²) in [5, 5.41) is 8.61. The number of hydrogen-bond acceptors (Lipinski definition) is 10. The van der Waals surface area contributed by atoms with Gasteiger partial charge in [-0.05, 0) is 33.2 Å². The molecule has 2 fully saturated rings. The van der Waals surface area contributed by atoms with Crippen LogP contribution in [0.15, 0.2) is 24.7 Å². The van der Waals surface area contributed by atoms with Crippen LogP contribution < -0.4 is 30.3 Å². The highest BCUT2D eigenvalue weighted by Crippen LogP contribution is 2.33. The average molecular weight is 550 g/mol. The van der Waals surface area contributed by atoms with Crippen LogP contribution in [0.2, 0.25) is 0 Å². The second-order valence-electron chi connectivity index (χ2n) is 9.49. The fourth-order valence-electron chi connectivity index (χ4n) is 4.51. The molecule has 212 valence electrons. The molecule has 0 spiro atoms. The van der Waals surface area contributed by atoms with Gasteiger partial charge in [-0.3, -0.25) is 5.32 Å². The number of halogens is 2. The van der Waals surface area contributed by atoms with Gasteiger partial charge in [0.25, 0.3) is 5.92 Å². The Morgan fingerprint density at radius 1 is 1.26 bits per heavy atom. The Labute approximate surface area is 224 Å². The van der Waals surface area contributed by atoms with Crippen molar-refractivity contribution < 1.29 is 27.8 Å². The molecule has 2 aromatic heterocycles. The molecule has 3 atom stereocenters. The van der Waals surface area contributed by atoms with E-state index in [1.54, 1.807) is 6.92 Å². The van der Waals surface area contributed by atoms with Crippen molar-refractivity contribution in [3.8, 4) is 11.8 Å². The molecule has 2 aromatic rings. The Hall–Kier alpha value is -3.88. The number of aromatic nitrogens is 4. The Kier molecular flexibility index (Phi) is 8.89. The average Bonchev–Trinajstić information content (AvgIpc) is 2.89. The van der Waals surface area contributed by atoms with E-state index in [-0.39, 0.29) is 48.7 Å². The monoisotopic (exact) mass is 549 g/mol. The normalized spacial score (nSPS) is 22.5. The molecule has 2 saturated heterocycles. The van der Waals surface area contributed by atoms with Gasteiger partial charge in [0, 0.05) is 50.9 Å². The number of hydrogen-bond donors (Lipinski definition) is 3. The van der Waals surface area contributed by atoms with Crippen LogP contribution in [-0.2, 0) is 0 Å². The standard InChI is InChI=1S/C24H33F2N9O4/c1-4-38-20-13-29-18(12-30-20)32-22(36)34(3)17-14-35(10-7-24(17,25)26)21-28-9-6-19(33-21)39-23(37)31-16-5-8-27-15(2)11-16/h6,9,12-13,15-17,27H,4-5,7-8,10-11,14H2,1-3H3,(H,31,37)(H,29,32,36)/t15-,16+,17+/m1/s1. The number of carbonyl (C=O) groups is 2. The molecule has 39 heavy (non-hydrogen) atoms. The number of alkyl halides is 2. The van der Waals surface area contributed by atoms with E-state index in [0.29, 0.717) is 6.61 Å². The number of ether oxygens (including phenoxy) is 2. The fourth-order valence-corrected chi connectivity index (χ4v) is 4.51. The Balaban J connectivity index is 1.38. The summed E-state index contributed by atoms with van der Waals surface area (Å²) >= 11 is 0. The third kappa shape index (κ3) is 7.37. The van der Waals surface area contributed by atoms with Crippen LogP contribution in [-0.4, -0.2) is 94.3 Å². The number of amides is 3. The molecule has 0 aliphatic carbocycles. The van der Waals surface area contributed by atoms with Crippen molar-refractivity contribution in [1.29, 1.82) is 0 Å². The third-order valence-corrected chi connectivity index (χ3v) is 6.58. The van der Waals surface area contributed by atoms with Gasteiger partial charge < -0.3 is 29.9 Å². The lowest BCUT2D eigenvalue weighted by atomic mass is 10.00. The quantitative estimate of drug-likeness (QED) is 0.470. The Morgan fingerprint density at radius 2 is 2.08 bits per heavy atom. The third-order valence-electron chi connectivity index (χ3n) is 6.58. The predicted octanol–water partition coefficient (Wildman–Crippen LogP) is 2.27. The number of nitrogens with one attached hydrogen (secondary N) is 3. The zero-order chi connectivity index (χ0) is 28.0. The molecule has 0 unspecified atom stereocenters. The van der Waals surface area contributed by atoms with Crippen LogP contribution in [0.5, 0.6) is 11.8 Å². The van der Waals surface area contributed by atoms with E-state index in [0.717, 1.165) is 24.3 Å². The summed E-state index contributed by atoms with van der Waals surface area (Å²) in [6.07, 6.45) is 4.39. The lowest BCUT2D eigenvalue weighted by Crippen LogP contribution is -2.60. The van der Waals surface area contributed by atoms with Gasteiger partial charge >= 0.3 is 12.1 Å². The number of carbonyl (C=O) groups excluding carboxylic acids is 2. The van der Waals surface area contributed by atoms with Gasteiger partial charge in [0.15, 0.2) is 5.82 Å². The fraction of sp³-hybridized carbons (Fsp3) is 0.583. The summed E-state index contributed by atoms with van der Waals surface area (Å²) in [4.78, 5) is 44.1. The van der Waals surface area contributed by atoms with Gasteiger partial charge in [0.05, 0.1) is 19.0 Å². The topological polar surface area (TPSA) is 147 Å². The van der Waals surface area contributed by atoms with Crippen molar-refractivity contribution in [2.45, 2.75) is 57.2 Å². The molecule has 2 aliphatic heterocycles. The van der Waals surface area contributed by atoms with Crippen molar-refractivity contribution in [2.75, 3.05) is 43.5 Å². The Morgan fingerprint density at radius 3 is 2.79 bits per heavy atom. The zero-order valence-corrected chi connectivity index (χ0v) is 22.1. The van der Waals surface area contributed by atoms with E-state index in [2.05, 4.69) is 35.9 Å². The molecule has 2 aliphatic rings. The summed E-state index contributed by atoms with van der Waals surface area (Å²) in [6.45, 7) is 4.74. The first-order chi connectivity index (χ1) is 18.6. The molecule has 0 saturated carbocycles. The van der Waals surface area contributed by atoms with Crippen LogP contribution in [0, 0.1) is 0 Å². The van der Waals surface area contributed by atoms with Gasteiger partial charge in [-0.1, -0.05) is 0 Å². The Bertz CT molecular complexity index is 1140. The molecular weight excluding hydrogens is 516 g/mol. The van der Waals surface area contributed by atoms with Crippen molar-refractivity contribution in [3.05, 3.63) is 24.7 Å². The van der Waals surface area contributed by atoms with Crippen LogP contribution in [0.4, 0.5) is 30.1 Å². The summed E-state index contributed by atoms with van der Waals surface area (Å²) in [5.41, 5.74) is 0. The van der Waals surface area contributed by atoms with Crippen molar-refractivity contribution in [2.24, 2.45) is 0 Å². The maximum Gasteiger partial charge on any atom is 0.414 e. The highest BCUT2D eigenvalue weighted by atomic mass is 19.3. The van der Waals surface area contributed by atoms with Crippen molar-refractivity contribution >= 4 is 23.9 Å². The van der Waals surface area contributed by atoms with Crippen LogP contribution >= 0.6 is 0 Å². The van der Waals surface area contributed by atoms with Crippen LogP contribution in [0.25, 0.3) is 0 Å². The summed E-state index contributed by atoms with van der Waals surface area (Å²) in [6, 6.07) is -0.576. The highest BCUT2D eigenvalue weighted by Gasteiger charge is 2.48. The first-order valence-electron chi connectivity index (χ1n) is 12.8. The smallest absolute Gasteiger partial charge is 0.414 e. The second-order valence-corrected chi connectivity index (χ2v) is 9.49. The number of likely N-dealkylation sites (N-methyl/N-ethyl adjacent to an activating group) is 1. The second kappa shape index (κ2) is 12.3. The van der Waals surface area contributed by atoms with Gasteiger partial charge in [-0.15, -0.1) is 0 Å². The summed E-state index contributed by atoms with van der Waals surface area (Å²) < 4.78 is 40.4. The molecule has 0 bridgehead atoms. The first kappa shape index (κ1) is 28.1. The lowest BCUT2D eigenvalue weighted by molar-refractivity contribution is -0.0760. The number of rotatable bonds is 7. The molecule has 3 amide bonds. The maximum absolute atomic E-state index is 14.9. The molecule has 4 rings (SSSR count). The molecule has 3 N–H and O–H groups in total. The molecule has 0 radical (unpaired) electrons. The van der Waals surface area contributed by atoms with Gasteiger partial charge in [-0.25, -0.2) is 33.3 Å². The number of urea groups is 1. The largest absolute Gasteiger partial charge is 0.477 e. The van der Waals surface area contributed by atoms with Gasteiger partial charge in [0.1, 0.15) is 6.04 Å². The molecule has 0 aromatic carbocycles. The minimum absolute atomic E-state index is 0.00598. The number of piperidine rings is 2. The summed E-state index contributed by atoms with van der Waals surface area (Å²) in [7, 11) is 1.28. The highest BCUT2D eigenvalue weighted by molar-refractivity contribution is 5.88. The van der Waals surface area contributed by atoms with E-state index >= 15 is 0 Å². The molecule has 4 heterocycles. The predicted molar refractivity (Wildman–Crippen MR) is 137 cm³/mol. The van der Waals surface area contributed by atoms with Crippen LogP contribution in [0.3, 0.4) is 0 Å². The van der Waals surface area contributed by atoms with E-state index in [4.69, 9.17) is 9.47 Å². The van der Waals surface area contributed by atoms with Gasteiger partial charge in [0.2, 0.25) is 17.7 Å². The minimum Gasteiger partial charge on any atom is -0.477 e. The van der Waals surface area contributed by atoms with E-state index in [1.165, 1.54) is 36.6 Å². The number of anilines is 2. The zero-order valence-electron chi connectivity index (χ0n) is 22.1. The minimum atomic E-state index is -3.16. The first-order valence-corrected chi connectivity index (χ1v) is 12.8. The SMILES string of the molecule is CCOc1cnc(NC(=O)N(C)[C@H]2CN(c3nccc(OC(=O)N[C@H]4CCN[C@H](C)C4)n3)CCC2(F)F)cn1. The van der Waals surface area contributed by atoms with Crippen molar-refractivity contribution in [1.82, 2.24) is 35.5 Å². The number of nitrogens with zero attached hydrogens (tertiary/aromatic N) is 6. The summed E-state index contributed by atoms with van der Waals surface area (Å²) in [5.74, 6) is -2.68. The van der Waals surface area contributed by atoms with Crippen LogP contribution in [0.1, 0.15) is 33.1 Å². The maximum atomic E-state index is 14.9. The van der Waals surface area contributed by atoms with Crippen molar-refractivity contribution in [3.63, 3.8) is 0 Å². The lowest BCUT2D eigenvalue weighted by Gasteiger charge is -2.42. The van der Waals surface area contributed by atoms with Gasteiger partial charge in [-0.2, -0.15) is 4.98 Å². The van der Waals surface area contributed by atoms with E-state index in [9.17, 15) is 18.4 Å². The van der Waals surface area contributed by atoms with E-state index < -0.39 is 30.5 Å². The van der Waals surface area contributed by atoms with E-state index in [1.807, 2.05) is 6.92 Å². The molecule has 15 heteroatoms. The molecular formula is C24H33F2N9O4. The molecule has 13 nitrogen and oxygen atoms in total.